The Balaban J connectivity index is 1.87. The van der Waals surface area contributed by atoms with E-state index in [1.807, 2.05) is 25.1 Å². The molecule has 0 spiro atoms. The molecule has 1 aliphatic heterocycles. The molecule has 0 bridgehead atoms. The highest BCUT2D eigenvalue weighted by molar-refractivity contribution is 5.77. The maximum Gasteiger partial charge on any atom is 0.233 e. The Hall–Kier alpha value is -1.75. The first-order valence-electron chi connectivity index (χ1n) is 6.65. The van der Waals surface area contributed by atoms with E-state index in [1.165, 1.54) is 0 Å². The zero-order chi connectivity index (χ0) is 13.5. The molecule has 0 atom stereocenters. The molecule has 0 radical (unpaired) electrons. The Morgan fingerprint density at radius 2 is 2.05 bits per heavy atom. The van der Waals surface area contributed by atoms with Crippen molar-refractivity contribution in [1.29, 1.82) is 0 Å². The molecule has 0 fully saturated rings. The van der Waals surface area contributed by atoms with Gasteiger partial charge in [-0.05, 0) is 24.6 Å². The second-order valence-corrected chi connectivity index (χ2v) is 4.39. The number of fused-ring (bicyclic) bond motifs is 1. The molecule has 5 nitrogen and oxygen atoms in total. The summed E-state index contributed by atoms with van der Waals surface area (Å²) >= 11 is 0. The standard InChI is InChI=1S/C14H20N2O3/c1-2-16-14(17)10-15-9-11-4-5-12-13(8-11)19-7-3-6-18-12/h4-5,8,15H,2-3,6-7,9-10H2,1H3,(H,16,17). The lowest BCUT2D eigenvalue weighted by Gasteiger charge is -2.10. The van der Waals surface area contributed by atoms with Gasteiger partial charge in [0.2, 0.25) is 5.91 Å². The molecule has 19 heavy (non-hydrogen) atoms. The number of hydrogen-bond donors (Lipinski definition) is 2. The number of rotatable bonds is 5. The SMILES string of the molecule is CCNC(=O)CNCc1ccc2c(c1)OCCCO2. The third-order valence-electron chi connectivity index (χ3n) is 2.80. The van der Waals surface area contributed by atoms with Crippen molar-refractivity contribution in [3.63, 3.8) is 0 Å². The molecule has 1 heterocycles. The largest absolute Gasteiger partial charge is 0.490 e. The maximum absolute atomic E-state index is 11.3. The zero-order valence-corrected chi connectivity index (χ0v) is 11.2. The number of ether oxygens (including phenoxy) is 2. The van der Waals surface area contributed by atoms with Crippen LogP contribution in [0.15, 0.2) is 18.2 Å². The van der Waals surface area contributed by atoms with Gasteiger partial charge in [0.25, 0.3) is 0 Å². The molecule has 5 heteroatoms. The van der Waals surface area contributed by atoms with Crippen LogP contribution in [-0.4, -0.2) is 32.2 Å². The summed E-state index contributed by atoms with van der Waals surface area (Å²) < 4.78 is 11.2. The van der Waals surface area contributed by atoms with Gasteiger partial charge in [-0.25, -0.2) is 0 Å². The summed E-state index contributed by atoms with van der Waals surface area (Å²) in [5.74, 6) is 1.59. The average molecular weight is 264 g/mol. The fourth-order valence-electron chi connectivity index (χ4n) is 1.90. The predicted octanol–water partition coefficient (Wildman–Crippen LogP) is 1.07. The fourth-order valence-corrected chi connectivity index (χ4v) is 1.90. The van der Waals surface area contributed by atoms with Gasteiger partial charge in [0.1, 0.15) is 0 Å². The summed E-state index contributed by atoms with van der Waals surface area (Å²) in [7, 11) is 0. The van der Waals surface area contributed by atoms with Crippen LogP contribution in [0, 0.1) is 0 Å². The van der Waals surface area contributed by atoms with Crippen molar-refractivity contribution in [2.45, 2.75) is 19.9 Å². The lowest BCUT2D eigenvalue weighted by Crippen LogP contribution is -2.33. The summed E-state index contributed by atoms with van der Waals surface area (Å²) in [4.78, 5) is 11.3. The van der Waals surface area contributed by atoms with Gasteiger partial charge in [0, 0.05) is 19.5 Å². The number of amides is 1. The molecule has 0 unspecified atom stereocenters. The highest BCUT2D eigenvalue weighted by atomic mass is 16.5. The second kappa shape index (κ2) is 6.99. The lowest BCUT2D eigenvalue weighted by molar-refractivity contribution is -0.120. The van der Waals surface area contributed by atoms with Gasteiger partial charge < -0.3 is 20.1 Å². The van der Waals surface area contributed by atoms with Crippen molar-refractivity contribution in [3.8, 4) is 11.5 Å². The van der Waals surface area contributed by atoms with Crippen molar-refractivity contribution in [2.24, 2.45) is 0 Å². The van der Waals surface area contributed by atoms with Gasteiger partial charge >= 0.3 is 0 Å². The van der Waals surface area contributed by atoms with Crippen LogP contribution >= 0.6 is 0 Å². The first-order chi connectivity index (χ1) is 9.29. The quantitative estimate of drug-likeness (QED) is 0.835. The molecule has 2 N–H and O–H groups in total. The van der Waals surface area contributed by atoms with Crippen LogP contribution in [0.25, 0.3) is 0 Å². The molecule has 1 aliphatic rings. The number of nitrogens with one attached hydrogen (secondary N) is 2. The molecular weight excluding hydrogens is 244 g/mol. The van der Waals surface area contributed by atoms with Gasteiger partial charge in [-0.15, -0.1) is 0 Å². The van der Waals surface area contributed by atoms with Crippen molar-refractivity contribution in [2.75, 3.05) is 26.3 Å². The lowest BCUT2D eigenvalue weighted by atomic mass is 10.2. The van der Waals surface area contributed by atoms with E-state index < -0.39 is 0 Å². The molecule has 0 aromatic heterocycles. The van der Waals surface area contributed by atoms with Crippen LogP contribution in [-0.2, 0) is 11.3 Å². The molecule has 2 rings (SSSR count). The van der Waals surface area contributed by atoms with Crippen molar-refractivity contribution in [1.82, 2.24) is 10.6 Å². The minimum Gasteiger partial charge on any atom is -0.490 e. The fraction of sp³-hybridized carbons (Fsp3) is 0.500. The summed E-state index contributed by atoms with van der Waals surface area (Å²) in [6.45, 7) is 4.90. The number of benzene rings is 1. The predicted molar refractivity (Wildman–Crippen MR) is 72.4 cm³/mol. The van der Waals surface area contributed by atoms with Crippen LogP contribution < -0.4 is 20.1 Å². The third-order valence-corrected chi connectivity index (χ3v) is 2.80. The Labute approximate surface area is 113 Å². The van der Waals surface area contributed by atoms with E-state index in [0.29, 0.717) is 32.8 Å². The summed E-state index contributed by atoms with van der Waals surface area (Å²) in [5.41, 5.74) is 1.08. The molecule has 1 aromatic rings. The topological polar surface area (TPSA) is 59.6 Å². The zero-order valence-electron chi connectivity index (χ0n) is 11.2. The number of carbonyl (C=O) groups is 1. The van der Waals surface area contributed by atoms with E-state index in [0.717, 1.165) is 23.5 Å². The first kappa shape index (κ1) is 13.7. The number of likely N-dealkylation sites (N-methyl/N-ethyl adjacent to an activating group) is 1. The van der Waals surface area contributed by atoms with Gasteiger partial charge in [0.05, 0.1) is 19.8 Å². The third kappa shape index (κ3) is 4.13. The Kier molecular flexibility index (Phi) is 5.03. The van der Waals surface area contributed by atoms with Crippen LogP contribution in [0.4, 0.5) is 0 Å². The van der Waals surface area contributed by atoms with Gasteiger partial charge in [-0.1, -0.05) is 6.07 Å². The summed E-state index contributed by atoms with van der Waals surface area (Å²) in [5, 5.41) is 5.84. The normalized spacial score (nSPS) is 13.7. The first-order valence-corrected chi connectivity index (χ1v) is 6.65. The minimum atomic E-state index is 0.0110. The average Bonchev–Trinajstić information content (AvgIpc) is 2.63. The summed E-state index contributed by atoms with van der Waals surface area (Å²) in [6.07, 6.45) is 0.902. The Morgan fingerprint density at radius 3 is 2.84 bits per heavy atom. The Bertz CT molecular complexity index is 435. The van der Waals surface area contributed by atoms with Crippen molar-refractivity contribution < 1.29 is 14.3 Å². The van der Waals surface area contributed by atoms with E-state index >= 15 is 0 Å². The minimum absolute atomic E-state index is 0.0110. The number of hydrogen-bond acceptors (Lipinski definition) is 4. The van der Waals surface area contributed by atoms with Crippen molar-refractivity contribution >= 4 is 5.91 Å². The summed E-state index contributed by atoms with van der Waals surface area (Å²) in [6, 6.07) is 5.87. The molecular formula is C14H20N2O3. The van der Waals surface area contributed by atoms with Gasteiger partial charge in [-0.2, -0.15) is 0 Å². The molecule has 104 valence electrons. The smallest absolute Gasteiger partial charge is 0.233 e. The monoisotopic (exact) mass is 264 g/mol. The van der Waals surface area contributed by atoms with E-state index in [-0.39, 0.29) is 5.91 Å². The maximum atomic E-state index is 11.3. The molecule has 0 saturated heterocycles. The molecule has 0 aliphatic carbocycles. The molecule has 0 saturated carbocycles. The van der Waals surface area contributed by atoms with Crippen LogP contribution in [0.5, 0.6) is 11.5 Å². The van der Waals surface area contributed by atoms with Crippen LogP contribution in [0.2, 0.25) is 0 Å². The van der Waals surface area contributed by atoms with E-state index in [2.05, 4.69) is 10.6 Å². The second-order valence-electron chi connectivity index (χ2n) is 4.39. The van der Waals surface area contributed by atoms with E-state index in [9.17, 15) is 4.79 Å². The Morgan fingerprint density at radius 1 is 1.26 bits per heavy atom. The highest BCUT2D eigenvalue weighted by Crippen LogP contribution is 2.30. The molecule has 1 aromatic carbocycles. The molecule has 1 amide bonds. The van der Waals surface area contributed by atoms with Crippen molar-refractivity contribution in [3.05, 3.63) is 23.8 Å². The van der Waals surface area contributed by atoms with Gasteiger partial charge in [0.15, 0.2) is 11.5 Å². The number of carbonyl (C=O) groups excluding carboxylic acids is 1. The van der Waals surface area contributed by atoms with E-state index in [4.69, 9.17) is 9.47 Å². The van der Waals surface area contributed by atoms with Gasteiger partial charge in [-0.3, -0.25) is 4.79 Å². The van der Waals surface area contributed by atoms with E-state index in [1.54, 1.807) is 0 Å². The van der Waals surface area contributed by atoms with Crippen LogP contribution in [0.1, 0.15) is 18.9 Å². The highest BCUT2D eigenvalue weighted by Gasteiger charge is 2.10. The van der Waals surface area contributed by atoms with Crippen LogP contribution in [0.3, 0.4) is 0 Å².